The van der Waals surface area contributed by atoms with Gasteiger partial charge < -0.3 is 14.8 Å². The van der Waals surface area contributed by atoms with E-state index in [4.69, 9.17) is 9.47 Å². The van der Waals surface area contributed by atoms with Crippen LogP contribution >= 0.6 is 0 Å². The molecule has 0 saturated carbocycles. The molecule has 9 heteroatoms. The van der Waals surface area contributed by atoms with Crippen molar-refractivity contribution in [3.05, 3.63) is 18.2 Å². The van der Waals surface area contributed by atoms with Crippen LogP contribution in [0, 0.1) is 5.92 Å². The Balaban J connectivity index is 2.39. The zero-order chi connectivity index (χ0) is 18.8. The van der Waals surface area contributed by atoms with Gasteiger partial charge in [-0.1, -0.05) is 13.8 Å². The third-order valence-electron chi connectivity index (χ3n) is 4.17. The first-order valence-electron chi connectivity index (χ1n) is 8.00. The molecule has 0 aliphatic carbocycles. The van der Waals surface area contributed by atoms with Gasteiger partial charge in [-0.3, -0.25) is 0 Å². The molecule has 1 heterocycles. The topological polar surface area (TPSA) is 98.8 Å². The second-order valence-electron chi connectivity index (χ2n) is 6.59. The summed E-state index contributed by atoms with van der Waals surface area (Å²) in [5.41, 5.74) is 0. The molecule has 0 radical (unpaired) electrons. The van der Waals surface area contributed by atoms with Crippen LogP contribution in [0.25, 0.3) is 0 Å². The molecule has 25 heavy (non-hydrogen) atoms. The summed E-state index contributed by atoms with van der Waals surface area (Å²) in [5, 5.41) is 2.08. The molecule has 2 atom stereocenters. The van der Waals surface area contributed by atoms with Crippen LogP contribution in [-0.2, 0) is 19.7 Å². The van der Waals surface area contributed by atoms with Crippen molar-refractivity contribution in [2.24, 2.45) is 5.92 Å². The average molecular weight is 392 g/mol. The zero-order valence-corrected chi connectivity index (χ0v) is 16.5. The van der Waals surface area contributed by atoms with Gasteiger partial charge in [0.2, 0.25) is 0 Å². The SMILES string of the molecule is COc1ccc(S(=O)(=O)[C@H]2CS(=O)(=O)C[C@@H]2NCC(C)C)cc1OC. The van der Waals surface area contributed by atoms with Gasteiger partial charge in [-0.05, 0) is 24.6 Å². The second kappa shape index (κ2) is 7.51. The van der Waals surface area contributed by atoms with Crippen LogP contribution in [0.4, 0.5) is 0 Å². The summed E-state index contributed by atoms with van der Waals surface area (Å²) in [6.45, 7) is 4.51. The van der Waals surface area contributed by atoms with Crippen molar-refractivity contribution in [1.82, 2.24) is 5.32 Å². The van der Waals surface area contributed by atoms with Gasteiger partial charge in [0.1, 0.15) is 0 Å². The fraction of sp³-hybridized carbons (Fsp3) is 0.625. The molecular formula is C16H25NO6S2. The first kappa shape index (κ1) is 20.0. The van der Waals surface area contributed by atoms with Crippen molar-refractivity contribution >= 4 is 19.7 Å². The van der Waals surface area contributed by atoms with Crippen LogP contribution in [-0.4, -0.2) is 60.4 Å². The number of rotatable bonds is 7. The van der Waals surface area contributed by atoms with E-state index in [1.54, 1.807) is 0 Å². The van der Waals surface area contributed by atoms with Crippen LogP contribution in [0.15, 0.2) is 23.1 Å². The monoisotopic (exact) mass is 391 g/mol. The molecule has 1 aromatic rings. The lowest BCUT2D eigenvalue weighted by Gasteiger charge is -2.21. The normalized spacial score (nSPS) is 22.9. The van der Waals surface area contributed by atoms with Crippen molar-refractivity contribution in [3.63, 3.8) is 0 Å². The summed E-state index contributed by atoms with van der Waals surface area (Å²) >= 11 is 0. The summed E-state index contributed by atoms with van der Waals surface area (Å²) in [7, 11) is -4.37. The van der Waals surface area contributed by atoms with Gasteiger partial charge in [-0.2, -0.15) is 0 Å². The maximum Gasteiger partial charge on any atom is 0.183 e. The predicted octanol–water partition coefficient (Wildman–Crippen LogP) is 0.889. The van der Waals surface area contributed by atoms with Crippen molar-refractivity contribution < 1.29 is 26.3 Å². The van der Waals surface area contributed by atoms with E-state index in [9.17, 15) is 16.8 Å². The standard InChI is InChI=1S/C16H25NO6S2/c1-11(2)8-17-13-9-24(18,19)10-16(13)25(20,21)12-5-6-14(22-3)15(7-12)23-4/h5-7,11,13,16-17H,8-10H2,1-4H3/t13-,16-/m0/s1. The van der Waals surface area contributed by atoms with Crippen molar-refractivity contribution in [2.75, 3.05) is 32.3 Å². The lowest BCUT2D eigenvalue weighted by molar-refractivity contribution is 0.354. The van der Waals surface area contributed by atoms with E-state index in [0.29, 0.717) is 12.3 Å². The Morgan fingerprint density at radius 1 is 1.16 bits per heavy atom. The number of hydrogen-bond acceptors (Lipinski definition) is 7. The molecule has 1 N–H and O–H groups in total. The lowest BCUT2D eigenvalue weighted by atomic mass is 10.2. The maximum absolute atomic E-state index is 13.0. The van der Waals surface area contributed by atoms with Crippen LogP contribution in [0.5, 0.6) is 11.5 Å². The Hall–Kier alpha value is -1.32. The summed E-state index contributed by atoms with van der Waals surface area (Å²) in [5.74, 6) is 0.440. The first-order chi connectivity index (χ1) is 11.6. The Kier molecular flexibility index (Phi) is 6.01. The van der Waals surface area contributed by atoms with Crippen LogP contribution in [0.2, 0.25) is 0 Å². The molecule has 7 nitrogen and oxygen atoms in total. The van der Waals surface area contributed by atoms with E-state index in [0.717, 1.165) is 0 Å². The van der Waals surface area contributed by atoms with Gasteiger partial charge in [0, 0.05) is 12.1 Å². The molecule has 0 unspecified atom stereocenters. The molecule has 0 aromatic heterocycles. The quantitative estimate of drug-likeness (QED) is 0.737. The highest BCUT2D eigenvalue weighted by Crippen LogP contribution is 2.33. The average Bonchev–Trinajstić information content (AvgIpc) is 2.87. The van der Waals surface area contributed by atoms with E-state index < -0.39 is 31.0 Å². The molecule has 0 spiro atoms. The van der Waals surface area contributed by atoms with E-state index in [1.807, 2.05) is 13.8 Å². The number of sulfone groups is 2. The fourth-order valence-corrected chi connectivity index (χ4v) is 7.60. The number of methoxy groups -OCH3 is 2. The van der Waals surface area contributed by atoms with Gasteiger partial charge in [-0.15, -0.1) is 0 Å². The first-order valence-corrected chi connectivity index (χ1v) is 11.4. The van der Waals surface area contributed by atoms with Gasteiger partial charge >= 0.3 is 0 Å². The van der Waals surface area contributed by atoms with Gasteiger partial charge in [0.15, 0.2) is 31.2 Å². The minimum atomic E-state index is -3.84. The van der Waals surface area contributed by atoms with Crippen molar-refractivity contribution in [1.29, 1.82) is 0 Å². The third-order valence-corrected chi connectivity index (χ3v) is 8.32. The lowest BCUT2D eigenvalue weighted by Crippen LogP contribution is -2.44. The summed E-state index contributed by atoms with van der Waals surface area (Å²) in [6, 6.07) is 3.68. The van der Waals surface area contributed by atoms with Crippen LogP contribution < -0.4 is 14.8 Å². The Labute approximate surface area is 149 Å². The summed E-state index contributed by atoms with van der Waals surface area (Å²) in [4.78, 5) is 0.0311. The molecule has 1 aliphatic heterocycles. The molecule has 142 valence electrons. The fourth-order valence-electron chi connectivity index (χ4n) is 2.87. The smallest absolute Gasteiger partial charge is 0.183 e. The zero-order valence-electron chi connectivity index (χ0n) is 14.9. The van der Waals surface area contributed by atoms with E-state index in [2.05, 4.69) is 5.32 Å². The van der Waals surface area contributed by atoms with E-state index in [1.165, 1.54) is 32.4 Å². The summed E-state index contributed by atoms with van der Waals surface area (Å²) < 4.78 is 60.5. The molecule has 2 rings (SSSR count). The molecule has 1 aromatic carbocycles. The number of hydrogen-bond donors (Lipinski definition) is 1. The molecule has 0 amide bonds. The molecular weight excluding hydrogens is 366 g/mol. The molecule has 1 saturated heterocycles. The largest absolute Gasteiger partial charge is 0.493 e. The highest BCUT2D eigenvalue weighted by atomic mass is 32.2. The predicted molar refractivity (Wildman–Crippen MR) is 95.8 cm³/mol. The second-order valence-corrected chi connectivity index (χ2v) is 10.9. The van der Waals surface area contributed by atoms with Gasteiger partial charge in [-0.25, -0.2) is 16.8 Å². The Morgan fingerprint density at radius 2 is 1.80 bits per heavy atom. The van der Waals surface area contributed by atoms with Crippen molar-refractivity contribution in [3.8, 4) is 11.5 Å². The Morgan fingerprint density at radius 3 is 2.36 bits per heavy atom. The number of ether oxygens (including phenoxy) is 2. The molecule has 1 fully saturated rings. The third kappa shape index (κ3) is 4.45. The molecule has 1 aliphatic rings. The van der Waals surface area contributed by atoms with Gasteiger partial charge in [0.05, 0.1) is 35.9 Å². The number of nitrogens with one attached hydrogen (secondary N) is 1. The minimum Gasteiger partial charge on any atom is -0.493 e. The van der Waals surface area contributed by atoms with Gasteiger partial charge in [0.25, 0.3) is 0 Å². The summed E-state index contributed by atoms with van der Waals surface area (Å²) in [6.07, 6.45) is 0. The van der Waals surface area contributed by atoms with E-state index in [-0.39, 0.29) is 28.1 Å². The molecule has 0 bridgehead atoms. The Bertz CT molecular complexity index is 817. The van der Waals surface area contributed by atoms with E-state index >= 15 is 0 Å². The van der Waals surface area contributed by atoms with Crippen molar-refractivity contribution in [2.45, 2.75) is 30.0 Å². The highest BCUT2D eigenvalue weighted by Gasteiger charge is 2.45. The van der Waals surface area contributed by atoms with Crippen LogP contribution in [0.3, 0.4) is 0 Å². The maximum atomic E-state index is 13.0. The number of benzene rings is 1. The minimum absolute atomic E-state index is 0.0311. The highest BCUT2D eigenvalue weighted by molar-refractivity contribution is 7.96. The van der Waals surface area contributed by atoms with Crippen LogP contribution in [0.1, 0.15) is 13.8 Å².